The molecule has 1 aliphatic heterocycles. The predicted octanol–water partition coefficient (Wildman–Crippen LogP) is 2.57. The van der Waals surface area contributed by atoms with Gasteiger partial charge in [-0.1, -0.05) is 6.07 Å². The van der Waals surface area contributed by atoms with E-state index in [4.69, 9.17) is 4.74 Å². The van der Waals surface area contributed by atoms with Crippen LogP contribution in [-0.4, -0.2) is 40.2 Å². The van der Waals surface area contributed by atoms with Crippen LogP contribution in [-0.2, 0) is 11.3 Å². The lowest BCUT2D eigenvalue weighted by molar-refractivity contribution is -0.0692. The molecule has 0 unspecified atom stereocenters. The molecule has 5 heteroatoms. The number of nitrogens with zero attached hydrogens (tertiary/aromatic N) is 2. The third-order valence-electron chi connectivity index (χ3n) is 3.86. The van der Waals surface area contributed by atoms with Gasteiger partial charge in [-0.15, -0.1) is 0 Å². The Bertz CT molecular complexity index is 500. The highest BCUT2D eigenvalue weighted by atomic mass is 16.5. The van der Waals surface area contributed by atoms with E-state index in [9.17, 15) is 4.79 Å². The molecule has 116 valence electrons. The maximum atomic E-state index is 12.3. The summed E-state index contributed by atoms with van der Waals surface area (Å²) in [5.41, 5.74) is 0.454. The molecule has 1 fully saturated rings. The van der Waals surface area contributed by atoms with E-state index in [0.29, 0.717) is 6.54 Å². The molecule has 1 atom stereocenters. The maximum absolute atomic E-state index is 12.3. The predicted molar refractivity (Wildman–Crippen MR) is 81.9 cm³/mol. The van der Waals surface area contributed by atoms with Gasteiger partial charge in [0, 0.05) is 26.0 Å². The van der Waals surface area contributed by atoms with E-state index in [1.165, 1.54) is 0 Å². The number of pyridine rings is 1. The average Bonchev–Trinajstić information content (AvgIpc) is 2.58. The lowest BCUT2D eigenvalue weighted by atomic mass is 9.94. The molecular formula is C16H25N3O2. The number of ether oxygens (including phenoxy) is 1. The number of aromatic nitrogens is 1. The molecule has 0 radical (unpaired) electrons. The van der Waals surface area contributed by atoms with Gasteiger partial charge in [0.1, 0.15) is 0 Å². The first kappa shape index (κ1) is 15.8. The van der Waals surface area contributed by atoms with Crippen molar-refractivity contribution in [2.24, 2.45) is 0 Å². The summed E-state index contributed by atoms with van der Waals surface area (Å²) < 4.78 is 6.00. The lowest BCUT2D eigenvalue weighted by Gasteiger charge is -2.29. The molecule has 1 aliphatic rings. The van der Waals surface area contributed by atoms with Gasteiger partial charge in [0.2, 0.25) is 0 Å². The highest BCUT2D eigenvalue weighted by Gasteiger charge is 2.46. The Balaban J connectivity index is 1.95. The van der Waals surface area contributed by atoms with Crippen molar-refractivity contribution in [1.82, 2.24) is 15.2 Å². The number of carbonyl (C=O) groups is 1. The minimum Gasteiger partial charge on any atom is -0.367 e. The maximum Gasteiger partial charge on any atom is 0.317 e. The minimum absolute atomic E-state index is 0.0105. The molecule has 21 heavy (non-hydrogen) atoms. The number of hydrogen-bond acceptors (Lipinski definition) is 3. The SMILES string of the molecule is CN(Cc1cccnc1)C(=O)N[C@H]1CC(C)(C)OC1(C)C. The number of amides is 2. The number of urea groups is 1. The Kier molecular flexibility index (Phi) is 4.23. The first-order chi connectivity index (χ1) is 9.70. The van der Waals surface area contributed by atoms with Crippen LogP contribution in [0.1, 0.15) is 39.7 Å². The minimum atomic E-state index is -0.353. The van der Waals surface area contributed by atoms with Gasteiger partial charge in [0.25, 0.3) is 0 Å². The summed E-state index contributed by atoms with van der Waals surface area (Å²) in [6.07, 6.45) is 4.31. The zero-order valence-corrected chi connectivity index (χ0v) is 13.5. The van der Waals surface area contributed by atoms with Crippen LogP contribution < -0.4 is 5.32 Å². The first-order valence-electron chi connectivity index (χ1n) is 7.30. The quantitative estimate of drug-likeness (QED) is 0.931. The van der Waals surface area contributed by atoms with Crippen molar-refractivity contribution < 1.29 is 9.53 Å². The van der Waals surface area contributed by atoms with Crippen molar-refractivity contribution >= 4 is 6.03 Å². The standard InChI is InChI=1S/C16H25N3O2/c1-15(2)9-13(16(3,4)21-15)18-14(20)19(5)11-12-7-6-8-17-10-12/h6-8,10,13H,9,11H2,1-5H3,(H,18,20)/t13-/m0/s1. The molecule has 0 bridgehead atoms. The summed E-state index contributed by atoms with van der Waals surface area (Å²) in [5, 5.41) is 3.09. The third kappa shape index (κ3) is 3.94. The topological polar surface area (TPSA) is 54.5 Å². The molecule has 0 aliphatic carbocycles. The fourth-order valence-corrected chi connectivity index (χ4v) is 2.88. The molecule has 0 saturated carbocycles. The number of rotatable bonds is 3. The second kappa shape index (κ2) is 5.64. The fraction of sp³-hybridized carbons (Fsp3) is 0.625. The zero-order chi connectivity index (χ0) is 15.7. The van der Waals surface area contributed by atoms with Crippen LogP contribution >= 0.6 is 0 Å². The van der Waals surface area contributed by atoms with E-state index in [2.05, 4.69) is 24.1 Å². The molecule has 2 amide bonds. The van der Waals surface area contributed by atoms with Crippen LogP contribution in [0.4, 0.5) is 4.79 Å². The van der Waals surface area contributed by atoms with E-state index in [1.807, 2.05) is 26.0 Å². The first-order valence-corrected chi connectivity index (χ1v) is 7.30. The Morgan fingerprint density at radius 3 is 2.71 bits per heavy atom. The van der Waals surface area contributed by atoms with Crippen molar-refractivity contribution in [3.8, 4) is 0 Å². The number of nitrogens with one attached hydrogen (secondary N) is 1. The van der Waals surface area contributed by atoms with E-state index >= 15 is 0 Å². The second-order valence-electron chi connectivity index (χ2n) is 6.89. The van der Waals surface area contributed by atoms with Gasteiger partial charge < -0.3 is 15.0 Å². The van der Waals surface area contributed by atoms with Gasteiger partial charge in [0.15, 0.2) is 0 Å². The van der Waals surface area contributed by atoms with Crippen molar-refractivity contribution in [2.45, 2.75) is 57.9 Å². The fourth-order valence-electron chi connectivity index (χ4n) is 2.88. The third-order valence-corrected chi connectivity index (χ3v) is 3.86. The highest BCUT2D eigenvalue weighted by molar-refractivity contribution is 5.74. The second-order valence-corrected chi connectivity index (χ2v) is 6.89. The van der Waals surface area contributed by atoms with E-state index in [1.54, 1.807) is 24.3 Å². The van der Waals surface area contributed by atoms with Crippen LogP contribution in [0.25, 0.3) is 0 Å². The summed E-state index contributed by atoms with van der Waals surface area (Å²) in [6, 6.07) is 3.76. The van der Waals surface area contributed by atoms with Crippen molar-refractivity contribution in [2.75, 3.05) is 7.05 Å². The summed E-state index contributed by atoms with van der Waals surface area (Å²) >= 11 is 0. The van der Waals surface area contributed by atoms with Crippen LogP contribution in [0, 0.1) is 0 Å². The zero-order valence-electron chi connectivity index (χ0n) is 13.5. The van der Waals surface area contributed by atoms with Crippen molar-refractivity contribution in [3.63, 3.8) is 0 Å². The highest BCUT2D eigenvalue weighted by Crippen LogP contribution is 2.37. The summed E-state index contributed by atoms with van der Waals surface area (Å²) in [5.74, 6) is 0. The Morgan fingerprint density at radius 2 is 2.19 bits per heavy atom. The van der Waals surface area contributed by atoms with Gasteiger partial charge in [-0.25, -0.2) is 4.79 Å². The summed E-state index contributed by atoms with van der Waals surface area (Å²) in [6.45, 7) is 8.69. The molecule has 2 rings (SSSR count). The number of carbonyl (C=O) groups excluding carboxylic acids is 1. The summed E-state index contributed by atoms with van der Waals surface area (Å²) in [4.78, 5) is 18.1. The molecule has 0 spiro atoms. The van der Waals surface area contributed by atoms with Gasteiger partial charge in [-0.3, -0.25) is 4.98 Å². The number of hydrogen-bond donors (Lipinski definition) is 1. The average molecular weight is 291 g/mol. The molecular weight excluding hydrogens is 266 g/mol. The van der Waals surface area contributed by atoms with Crippen LogP contribution in [0.5, 0.6) is 0 Å². The van der Waals surface area contributed by atoms with E-state index in [0.717, 1.165) is 12.0 Å². The lowest BCUT2D eigenvalue weighted by Crippen LogP contribution is -2.50. The van der Waals surface area contributed by atoms with Gasteiger partial charge in [0.05, 0.1) is 17.2 Å². The molecule has 2 heterocycles. The molecule has 5 nitrogen and oxygen atoms in total. The van der Waals surface area contributed by atoms with Crippen LogP contribution in [0.2, 0.25) is 0 Å². The van der Waals surface area contributed by atoms with Gasteiger partial charge in [-0.2, -0.15) is 0 Å². The van der Waals surface area contributed by atoms with E-state index in [-0.39, 0.29) is 23.3 Å². The van der Waals surface area contributed by atoms with Crippen LogP contribution in [0.15, 0.2) is 24.5 Å². The Morgan fingerprint density at radius 1 is 1.48 bits per heavy atom. The normalized spacial score (nSPS) is 22.8. The van der Waals surface area contributed by atoms with Crippen molar-refractivity contribution in [3.05, 3.63) is 30.1 Å². The molecule has 1 saturated heterocycles. The smallest absolute Gasteiger partial charge is 0.317 e. The molecule has 1 N–H and O–H groups in total. The molecule has 1 aromatic rings. The molecule has 1 aromatic heterocycles. The summed E-state index contributed by atoms with van der Waals surface area (Å²) in [7, 11) is 1.79. The Labute approximate surface area is 126 Å². The monoisotopic (exact) mass is 291 g/mol. The largest absolute Gasteiger partial charge is 0.367 e. The van der Waals surface area contributed by atoms with Crippen LogP contribution in [0.3, 0.4) is 0 Å². The van der Waals surface area contributed by atoms with Gasteiger partial charge >= 0.3 is 6.03 Å². The Hall–Kier alpha value is -1.62. The van der Waals surface area contributed by atoms with Gasteiger partial charge in [-0.05, 0) is 45.7 Å². The molecule has 0 aromatic carbocycles. The van der Waals surface area contributed by atoms with E-state index < -0.39 is 0 Å². The van der Waals surface area contributed by atoms with Crippen molar-refractivity contribution in [1.29, 1.82) is 0 Å².